The van der Waals surface area contributed by atoms with Crippen molar-refractivity contribution in [2.75, 3.05) is 24.9 Å². The molecule has 41 heavy (non-hydrogen) atoms. The third-order valence-electron chi connectivity index (χ3n) is 5.78. The van der Waals surface area contributed by atoms with Crippen molar-refractivity contribution < 1.29 is 49.8 Å². The first-order valence-corrected chi connectivity index (χ1v) is 11.4. The molecule has 0 saturated heterocycles. The lowest BCUT2D eigenvalue weighted by molar-refractivity contribution is -0.167. The third kappa shape index (κ3) is 5.66. The molecule has 0 bridgehead atoms. The van der Waals surface area contributed by atoms with E-state index in [1.165, 1.54) is 62.8 Å². The lowest BCUT2D eigenvalue weighted by atomic mass is 9.96. The average molecular weight is 580 g/mol. The van der Waals surface area contributed by atoms with Crippen molar-refractivity contribution in [1.29, 1.82) is 0 Å². The van der Waals surface area contributed by atoms with Gasteiger partial charge in [0, 0.05) is 16.8 Å². The molecule has 1 aromatic heterocycles. The van der Waals surface area contributed by atoms with E-state index in [4.69, 9.17) is 13.9 Å². The van der Waals surface area contributed by atoms with Gasteiger partial charge in [0.2, 0.25) is 11.2 Å². The number of nitrogens with one attached hydrogen (secondary N) is 2. The summed E-state index contributed by atoms with van der Waals surface area (Å²) in [6.07, 6.45) is -10.5. The summed E-state index contributed by atoms with van der Waals surface area (Å²) in [7, 11) is 2.54. The van der Waals surface area contributed by atoms with Gasteiger partial charge in [-0.05, 0) is 30.3 Å². The van der Waals surface area contributed by atoms with E-state index >= 15 is 0 Å². The Labute approximate surface area is 226 Å². The second-order valence-electron chi connectivity index (χ2n) is 8.31. The number of benzene rings is 3. The molecule has 1 heterocycles. The first-order chi connectivity index (χ1) is 19.3. The van der Waals surface area contributed by atoms with Crippen LogP contribution in [0.3, 0.4) is 0 Å². The van der Waals surface area contributed by atoms with Crippen molar-refractivity contribution in [2.45, 2.75) is 12.4 Å². The van der Waals surface area contributed by atoms with E-state index in [0.29, 0.717) is 0 Å². The van der Waals surface area contributed by atoms with Gasteiger partial charge in [-0.2, -0.15) is 26.3 Å². The zero-order chi connectivity index (χ0) is 30.1. The van der Waals surface area contributed by atoms with Crippen LogP contribution in [0.15, 0.2) is 69.9 Å². The molecule has 0 aliphatic rings. The highest BCUT2D eigenvalue weighted by Gasteiger charge is 2.40. The van der Waals surface area contributed by atoms with Crippen LogP contribution < -0.4 is 25.5 Å². The monoisotopic (exact) mass is 580 g/mol. The quantitative estimate of drug-likeness (QED) is 0.265. The van der Waals surface area contributed by atoms with E-state index in [9.17, 15) is 40.7 Å². The molecule has 0 unspecified atom stereocenters. The highest BCUT2D eigenvalue weighted by molar-refractivity contribution is 6.04. The first-order valence-electron chi connectivity index (χ1n) is 11.4. The topological polar surface area (TPSA) is 107 Å². The van der Waals surface area contributed by atoms with E-state index < -0.39 is 52.3 Å². The number of hydrogen-bond donors (Lipinski definition) is 2. The number of alkyl halides is 6. The number of hydrogen-bond acceptors (Lipinski definition) is 6. The number of fused-ring (bicyclic) bond motifs is 1. The van der Waals surface area contributed by atoms with Gasteiger partial charge in [-0.1, -0.05) is 30.3 Å². The number of halogens is 6. The number of amides is 2. The van der Waals surface area contributed by atoms with Gasteiger partial charge in [-0.3, -0.25) is 14.4 Å². The number of rotatable bonds is 6. The predicted octanol–water partition coefficient (Wildman–Crippen LogP) is 6.15. The molecular formula is C27H18F6N2O6. The van der Waals surface area contributed by atoms with Gasteiger partial charge in [-0.25, -0.2) is 0 Å². The molecule has 4 rings (SSSR count). The van der Waals surface area contributed by atoms with E-state index in [-0.39, 0.29) is 33.6 Å². The van der Waals surface area contributed by atoms with Crippen molar-refractivity contribution in [3.05, 3.63) is 70.9 Å². The molecule has 0 atom stereocenters. The lowest BCUT2D eigenvalue weighted by Crippen LogP contribution is -2.30. The molecular weight excluding hydrogens is 562 g/mol. The second-order valence-corrected chi connectivity index (χ2v) is 8.31. The maximum atomic E-state index is 14.0. The molecule has 2 N–H and O–H groups in total. The van der Waals surface area contributed by atoms with E-state index in [1.54, 1.807) is 10.6 Å². The molecule has 0 radical (unpaired) electrons. The second kappa shape index (κ2) is 10.9. The van der Waals surface area contributed by atoms with Crippen molar-refractivity contribution in [2.24, 2.45) is 0 Å². The smallest absolute Gasteiger partial charge is 0.471 e. The summed E-state index contributed by atoms with van der Waals surface area (Å²) in [5.74, 6) is -5.04. The minimum Gasteiger partial charge on any atom is -0.493 e. The van der Waals surface area contributed by atoms with Crippen molar-refractivity contribution in [3.63, 3.8) is 0 Å². The van der Waals surface area contributed by atoms with Crippen LogP contribution in [0, 0.1) is 0 Å². The first kappa shape index (κ1) is 29.0. The fourth-order valence-corrected chi connectivity index (χ4v) is 3.99. The molecule has 4 aromatic rings. The summed E-state index contributed by atoms with van der Waals surface area (Å²) < 4.78 is 95.1. The molecule has 14 heteroatoms. The number of anilines is 2. The van der Waals surface area contributed by atoms with E-state index in [0.717, 1.165) is 12.1 Å². The number of methoxy groups -OCH3 is 2. The highest BCUT2D eigenvalue weighted by atomic mass is 19.4. The van der Waals surface area contributed by atoms with Crippen LogP contribution in [0.2, 0.25) is 0 Å². The highest BCUT2D eigenvalue weighted by Crippen LogP contribution is 2.43. The summed E-state index contributed by atoms with van der Waals surface area (Å²) in [6.45, 7) is 0. The molecule has 0 aliphatic heterocycles. The Balaban J connectivity index is 2.10. The van der Waals surface area contributed by atoms with Crippen molar-refractivity contribution in [3.8, 4) is 33.9 Å². The summed E-state index contributed by atoms with van der Waals surface area (Å²) in [5, 5.41) is 3.29. The molecule has 2 amide bonds. The van der Waals surface area contributed by atoms with Crippen LogP contribution in [0.5, 0.6) is 11.5 Å². The summed E-state index contributed by atoms with van der Waals surface area (Å²) in [4.78, 5) is 37.5. The van der Waals surface area contributed by atoms with Gasteiger partial charge < -0.3 is 24.5 Å². The zero-order valence-corrected chi connectivity index (χ0v) is 21.0. The number of ether oxygens (including phenoxy) is 2. The largest absolute Gasteiger partial charge is 0.493 e. The van der Waals surface area contributed by atoms with E-state index in [1.807, 2.05) is 0 Å². The normalized spacial score (nSPS) is 11.7. The number of carbonyl (C=O) groups is 2. The van der Waals surface area contributed by atoms with Crippen LogP contribution in [-0.2, 0) is 9.59 Å². The maximum absolute atomic E-state index is 14.0. The summed E-state index contributed by atoms with van der Waals surface area (Å²) in [6, 6.07) is 12.6. The Morgan fingerprint density at radius 3 is 1.76 bits per heavy atom. The molecule has 0 spiro atoms. The molecule has 3 aromatic carbocycles. The van der Waals surface area contributed by atoms with Crippen molar-refractivity contribution >= 4 is 34.2 Å². The fraction of sp³-hybridized carbons (Fsp3) is 0.148. The number of carbonyl (C=O) groups excluding carboxylic acids is 2. The molecule has 8 nitrogen and oxygen atoms in total. The Morgan fingerprint density at radius 2 is 1.24 bits per heavy atom. The zero-order valence-electron chi connectivity index (χ0n) is 21.0. The Bertz CT molecular complexity index is 1710. The van der Waals surface area contributed by atoms with Gasteiger partial charge in [0.15, 0.2) is 11.3 Å². The third-order valence-corrected chi connectivity index (χ3v) is 5.78. The van der Waals surface area contributed by atoms with E-state index in [2.05, 4.69) is 0 Å². The average Bonchev–Trinajstić information content (AvgIpc) is 2.92. The minimum atomic E-state index is -5.28. The molecule has 0 fully saturated rings. The van der Waals surface area contributed by atoms with Crippen LogP contribution in [0.25, 0.3) is 33.4 Å². The van der Waals surface area contributed by atoms with Gasteiger partial charge in [-0.15, -0.1) is 0 Å². The Hall–Kier alpha value is -5.01. The lowest BCUT2D eigenvalue weighted by Gasteiger charge is -2.18. The maximum Gasteiger partial charge on any atom is 0.471 e. The SMILES string of the molecule is COc1ccc2c(=O)c(-c3ccccc3NC(=O)C(F)(F)F)c(-c3ccccc3NC(=O)C(F)(F)F)oc2c1OC. The van der Waals surface area contributed by atoms with Crippen molar-refractivity contribution in [1.82, 2.24) is 0 Å². The molecule has 0 aliphatic carbocycles. The van der Waals surface area contributed by atoms with Gasteiger partial charge in [0.1, 0.15) is 5.76 Å². The summed E-state index contributed by atoms with van der Waals surface area (Å²) >= 11 is 0. The Morgan fingerprint density at radius 1 is 0.732 bits per heavy atom. The Kier molecular flexibility index (Phi) is 7.68. The molecule has 0 saturated carbocycles. The predicted molar refractivity (Wildman–Crippen MR) is 136 cm³/mol. The standard InChI is InChI=1S/C27H18F6N2O6/c1-39-18-12-11-15-20(36)19(13-7-3-5-9-16(13)34-24(37)26(28,29)30)21(41-22(15)23(18)40-2)14-8-4-6-10-17(14)35-25(38)27(31,32)33/h3-12H,1-2H3,(H,34,37)(H,35,38). The fourth-order valence-electron chi connectivity index (χ4n) is 3.99. The van der Waals surface area contributed by atoms with Crippen LogP contribution in [0.1, 0.15) is 0 Å². The number of para-hydroxylation sites is 2. The van der Waals surface area contributed by atoms with Gasteiger partial charge in [0.25, 0.3) is 0 Å². The van der Waals surface area contributed by atoms with Gasteiger partial charge >= 0.3 is 24.2 Å². The minimum absolute atomic E-state index is 0.0645. The summed E-state index contributed by atoms with van der Waals surface area (Å²) in [5.41, 5.74) is -2.82. The van der Waals surface area contributed by atoms with Crippen LogP contribution >= 0.6 is 0 Å². The van der Waals surface area contributed by atoms with Crippen LogP contribution in [-0.4, -0.2) is 38.4 Å². The molecule has 214 valence electrons. The van der Waals surface area contributed by atoms with Crippen LogP contribution in [0.4, 0.5) is 37.7 Å². The van der Waals surface area contributed by atoms with Gasteiger partial charge in [0.05, 0.1) is 30.9 Å².